The van der Waals surface area contributed by atoms with Gasteiger partial charge in [-0.15, -0.1) is 0 Å². The van der Waals surface area contributed by atoms with Gasteiger partial charge in [0.1, 0.15) is 6.04 Å². The Morgan fingerprint density at radius 1 is 1.33 bits per heavy atom. The normalized spacial score (nSPS) is 12.2. The molecule has 1 rings (SSSR count). The van der Waals surface area contributed by atoms with Crippen molar-refractivity contribution in [1.29, 1.82) is 0 Å². The highest BCUT2D eigenvalue weighted by atomic mass is 16.4. The van der Waals surface area contributed by atoms with Gasteiger partial charge in [-0.25, -0.2) is 9.97 Å². The van der Waals surface area contributed by atoms with Crippen molar-refractivity contribution in [3.05, 3.63) is 18.5 Å². The first-order valence-electron chi connectivity index (χ1n) is 5.53. The molecule has 7 heteroatoms. The maximum atomic E-state index is 11.5. The molecule has 0 aliphatic rings. The number of nitrogens with zero attached hydrogens (tertiary/aromatic N) is 2. The average Bonchev–Trinajstić information content (AvgIpc) is 2.29. The number of rotatable bonds is 6. The molecule has 1 atom stereocenters. The van der Waals surface area contributed by atoms with E-state index < -0.39 is 12.0 Å². The highest BCUT2D eigenvalue weighted by Gasteiger charge is 2.21. The van der Waals surface area contributed by atoms with Crippen LogP contribution in [0.2, 0.25) is 0 Å². The lowest BCUT2D eigenvalue weighted by molar-refractivity contribution is -0.140. The van der Waals surface area contributed by atoms with Crippen LogP contribution in [0.3, 0.4) is 0 Å². The molecule has 1 aromatic rings. The minimum absolute atomic E-state index is 0.104. The lowest BCUT2D eigenvalue weighted by Crippen LogP contribution is -2.44. The van der Waals surface area contributed by atoms with Gasteiger partial charge in [0.15, 0.2) is 0 Å². The molecule has 0 saturated heterocycles. The van der Waals surface area contributed by atoms with E-state index in [0.29, 0.717) is 0 Å². The number of carboxylic acids is 1. The Bertz CT molecular complexity index is 408. The van der Waals surface area contributed by atoms with Gasteiger partial charge in [-0.2, -0.15) is 0 Å². The number of hydrogen-bond donors (Lipinski definition) is 3. The minimum atomic E-state index is -0.978. The van der Waals surface area contributed by atoms with Gasteiger partial charge in [0, 0.05) is 12.4 Å². The topological polar surface area (TPSA) is 104 Å². The third-order valence-corrected chi connectivity index (χ3v) is 2.23. The van der Waals surface area contributed by atoms with Gasteiger partial charge >= 0.3 is 5.97 Å². The SMILES string of the molecule is CC(C)C(NCC(=O)Nc1ncccn1)C(=O)O. The molecular formula is C11H16N4O3. The number of hydrogen-bond acceptors (Lipinski definition) is 5. The number of carbonyl (C=O) groups excluding carboxylic acids is 1. The maximum Gasteiger partial charge on any atom is 0.320 e. The molecule has 0 aliphatic heterocycles. The van der Waals surface area contributed by atoms with Gasteiger partial charge < -0.3 is 5.11 Å². The van der Waals surface area contributed by atoms with Crippen molar-refractivity contribution in [3.63, 3.8) is 0 Å². The third-order valence-electron chi connectivity index (χ3n) is 2.23. The van der Waals surface area contributed by atoms with E-state index in [4.69, 9.17) is 5.11 Å². The molecule has 18 heavy (non-hydrogen) atoms. The molecular weight excluding hydrogens is 236 g/mol. The van der Waals surface area contributed by atoms with Crippen LogP contribution >= 0.6 is 0 Å². The van der Waals surface area contributed by atoms with E-state index in [2.05, 4.69) is 20.6 Å². The highest BCUT2D eigenvalue weighted by Crippen LogP contribution is 2.01. The molecule has 0 radical (unpaired) electrons. The summed E-state index contributed by atoms with van der Waals surface area (Å²) in [6.45, 7) is 3.43. The van der Waals surface area contributed by atoms with E-state index in [9.17, 15) is 9.59 Å². The van der Waals surface area contributed by atoms with Gasteiger partial charge in [0.25, 0.3) is 0 Å². The van der Waals surface area contributed by atoms with Crippen molar-refractivity contribution >= 4 is 17.8 Å². The van der Waals surface area contributed by atoms with E-state index in [-0.39, 0.29) is 24.3 Å². The summed E-state index contributed by atoms with van der Waals surface area (Å²) in [6.07, 6.45) is 3.01. The second-order valence-corrected chi connectivity index (χ2v) is 4.06. The molecule has 1 aromatic heterocycles. The van der Waals surface area contributed by atoms with Gasteiger partial charge in [-0.05, 0) is 12.0 Å². The first-order chi connectivity index (χ1) is 8.50. The second kappa shape index (κ2) is 6.65. The molecule has 0 aliphatic carbocycles. The molecule has 1 unspecified atom stereocenters. The van der Waals surface area contributed by atoms with E-state index >= 15 is 0 Å². The average molecular weight is 252 g/mol. The molecule has 0 saturated carbocycles. The Hall–Kier alpha value is -2.02. The summed E-state index contributed by atoms with van der Waals surface area (Å²) >= 11 is 0. The fourth-order valence-corrected chi connectivity index (χ4v) is 1.34. The van der Waals surface area contributed by atoms with Gasteiger partial charge in [-0.3, -0.25) is 20.2 Å². The van der Waals surface area contributed by atoms with Crippen LogP contribution < -0.4 is 10.6 Å². The standard InChI is InChI=1S/C11H16N4O3/c1-7(2)9(10(17)18)14-6-8(16)15-11-12-4-3-5-13-11/h3-5,7,9,14H,6H2,1-2H3,(H,17,18)(H,12,13,15,16). The molecule has 1 amide bonds. The fourth-order valence-electron chi connectivity index (χ4n) is 1.34. The molecule has 1 heterocycles. The number of carbonyl (C=O) groups is 2. The predicted molar refractivity (Wildman–Crippen MR) is 64.9 cm³/mol. The van der Waals surface area contributed by atoms with Crippen LogP contribution in [-0.2, 0) is 9.59 Å². The first-order valence-corrected chi connectivity index (χ1v) is 5.53. The number of carboxylic acid groups (broad SMARTS) is 1. The highest BCUT2D eigenvalue weighted by molar-refractivity contribution is 5.91. The van der Waals surface area contributed by atoms with Crippen molar-refractivity contribution in [1.82, 2.24) is 15.3 Å². The van der Waals surface area contributed by atoms with Crippen molar-refractivity contribution in [2.45, 2.75) is 19.9 Å². The molecule has 98 valence electrons. The molecule has 0 spiro atoms. The zero-order chi connectivity index (χ0) is 13.5. The number of nitrogens with one attached hydrogen (secondary N) is 2. The summed E-state index contributed by atoms with van der Waals surface area (Å²) in [4.78, 5) is 30.1. The maximum absolute atomic E-state index is 11.5. The van der Waals surface area contributed by atoms with E-state index in [1.165, 1.54) is 12.4 Å². The molecule has 7 nitrogen and oxygen atoms in total. The Kier molecular flexibility index (Phi) is 5.19. The van der Waals surface area contributed by atoms with Gasteiger partial charge in [0.2, 0.25) is 11.9 Å². The van der Waals surface area contributed by atoms with Gasteiger partial charge in [0.05, 0.1) is 6.54 Å². The van der Waals surface area contributed by atoms with Crippen molar-refractivity contribution in [3.8, 4) is 0 Å². The Balaban J connectivity index is 2.44. The Morgan fingerprint density at radius 3 is 2.44 bits per heavy atom. The van der Waals surface area contributed by atoms with Crippen LogP contribution in [0.5, 0.6) is 0 Å². The quantitative estimate of drug-likeness (QED) is 0.664. The monoisotopic (exact) mass is 252 g/mol. The zero-order valence-corrected chi connectivity index (χ0v) is 10.3. The third kappa shape index (κ3) is 4.46. The summed E-state index contributed by atoms with van der Waals surface area (Å²) in [5.41, 5.74) is 0. The van der Waals surface area contributed by atoms with Crippen molar-refractivity contribution < 1.29 is 14.7 Å². The molecule has 3 N–H and O–H groups in total. The largest absolute Gasteiger partial charge is 0.480 e. The summed E-state index contributed by atoms with van der Waals surface area (Å²) in [5.74, 6) is -1.27. The van der Waals surface area contributed by atoms with Crippen LogP contribution in [0.1, 0.15) is 13.8 Å². The number of amides is 1. The van der Waals surface area contributed by atoms with E-state index in [1.54, 1.807) is 19.9 Å². The minimum Gasteiger partial charge on any atom is -0.480 e. The second-order valence-electron chi connectivity index (χ2n) is 4.06. The van der Waals surface area contributed by atoms with Crippen LogP contribution in [0, 0.1) is 5.92 Å². The van der Waals surface area contributed by atoms with E-state index in [1.807, 2.05) is 0 Å². The smallest absolute Gasteiger partial charge is 0.320 e. The Labute approximate surface area is 105 Å². The van der Waals surface area contributed by atoms with Crippen LogP contribution in [-0.4, -0.2) is 39.5 Å². The Morgan fingerprint density at radius 2 is 1.94 bits per heavy atom. The van der Waals surface area contributed by atoms with Crippen molar-refractivity contribution in [2.24, 2.45) is 5.92 Å². The summed E-state index contributed by atoms with van der Waals surface area (Å²) in [5, 5.41) is 14.1. The number of aromatic nitrogens is 2. The summed E-state index contributed by atoms with van der Waals surface area (Å²) in [6, 6.07) is 0.875. The van der Waals surface area contributed by atoms with Crippen molar-refractivity contribution in [2.75, 3.05) is 11.9 Å². The molecule has 0 bridgehead atoms. The van der Waals surface area contributed by atoms with Gasteiger partial charge in [-0.1, -0.05) is 13.8 Å². The predicted octanol–water partition coefficient (Wildman–Crippen LogP) is 0.114. The summed E-state index contributed by atoms with van der Waals surface area (Å²) in [7, 11) is 0. The lowest BCUT2D eigenvalue weighted by atomic mass is 10.1. The van der Waals surface area contributed by atoms with Crippen LogP contribution in [0.15, 0.2) is 18.5 Å². The molecule has 0 aromatic carbocycles. The number of anilines is 1. The van der Waals surface area contributed by atoms with Crippen LogP contribution in [0.25, 0.3) is 0 Å². The zero-order valence-electron chi connectivity index (χ0n) is 10.3. The fraction of sp³-hybridized carbons (Fsp3) is 0.455. The van der Waals surface area contributed by atoms with Crippen LogP contribution in [0.4, 0.5) is 5.95 Å². The lowest BCUT2D eigenvalue weighted by Gasteiger charge is -2.17. The van der Waals surface area contributed by atoms with E-state index in [0.717, 1.165) is 0 Å². The summed E-state index contributed by atoms with van der Waals surface area (Å²) < 4.78 is 0. The first kappa shape index (κ1) is 14.0. The number of aliphatic carboxylic acids is 1. The molecule has 0 fully saturated rings.